The number of rotatable bonds is 4. The van der Waals surface area contributed by atoms with Crippen molar-refractivity contribution in [3.05, 3.63) is 70.5 Å². The minimum Gasteiger partial charge on any atom is -0.367 e. The van der Waals surface area contributed by atoms with Crippen LogP contribution in [0, 0.1) is 13.8 Å². The van der Waals surface area contributed by atoms with Gasteiger partial charge in [-0.05, 0) is 69.4 Å². The van der Waals surface area contributed by atoms with E-state index in [1.165, 1.54) is 0 Å². The van der Waals surface area contributed by atoms with Crippen LogP contribution in [0.3, 0.4) is 0 Å². The summed E-state index contributed by atoms with van der Waals surface area (Å²) in [6.45, 7) is 7.79. The summed E-state index contributed by atoms with van der Waals surface area (Å²) in [7, 11) is 2.12. The molecule has 0 saturated carbocycles. The van der Waals surface area contributed by atoms with Crippen LogP contribution < -0.4 is 10.2 Å². The fourth-order valence-electron chi connectivity index (χ4n) is 3.77. The van der Waals surface area contributed by atoms with E-state index in [9.17, 15) is 4.79 Å². The van der Waals surface area contributed by atoms with Crippen LogP contribution in [0.2, 0.25) is 5.02 Å². The van der Waals surface area contributed by atoms with Crippen LogP contribution >= 0.6 is 11.6 Å². The number of carbonyl (C=O) groups excluding carboxylic acids is 1. The predicted molar refractivity (Wildman–Crippen MR) is 122 cm³/mol. The highest BCUT2D eigenvalue weighted by molar-refractivity contribution is 6.31. The Kier molecular flexibility index (Phi) is 5.79. The molecule has 4 rings (SSSR count). The Balaban J connectivity index is 1.54. The fraction of sp³-hybridized carbons (Fsp3) is 0.304. The molecule has 1 aliphatic rings. The number of nitrogens with one attached hydrogen (secondary N) is 1. The molecule has 2 heterocycles. The van der Waals surface area contributed by atoms with E-state index >= 15 is 0 Å². The second-order valence-electron chi connectivity index (χ2n) is 7.79. The van der Waals surface area contributed by atoms with Crippen LogP contribution in [0.1, 0.15) is 21.7 Å². The zero-order valence-corrected chi connectivity index (χ0v) is 18.3. The molecule has 0 spiro atoms. The van der Waals surface area contributed by atoms with Gasteiger partial charge in [-0.2, -0.15) is 5.10 Å². The predicted octanol–water partition coefficient (Wildman–Crippen LogP) is 4.15. The summed E-state index contributed by atoms with van der Waals surface area (Å²) in [4.78, 5) is 17.5. The van der Waals surface area contributed by atoms with E-state index in [2.05, 4.69) is 27.3 Å². The molecule has 1 saturated heterocycles. The van der Waals surface area contributed by atoms with Crippen LogP contribution in [0.25, 0.3) is 5.69 Å². The smallest absolute Gasteiger partial charge is 0.255 e. The van der Waals surface area contributed by atoms with E-state index in [-0.39, 0.29) is 5.91 Å². The third kappa shape index (κ3) is 4.35. The van der Waals surface area contributed by atoms with Gasteiger partial charge in [0.05, 0.1) is 22.8 Å². The minimum absolute atomic E-state index is 0.160. The highest BCUT2D eigenvalue weighted by atomic mass is 35.5. The summed E-state index contributed by atoms with van der Waals surface area (Å²) in [5.41, 5.74) is 5.27. The van der Waals surface area contributed by atoms with Crippen molar-refractivity contribution in [1.29, 1.82) is 0 Å². The Morgan fingerprint density at radius 1 is 1.00 bits per heavy atom. The number of aryl methyl sites for hydroxylation is 2. The van der Waals surface area contributed by atoms with E-state index in [1.54, 1.807) is 0 Å². The molecular weight excluding hydrogens is 398 g/mol. The first-order chi connectivity index (χ1) is 14.4. The lowest BCUT2D eigenvalue weighted by molar-refractivity contribution is 0.102. The van der Waals surface area contributed by atoms with E-state index in [4.69, 9.17) is 11.6 Å². The topological polar surface area (TPSA) is 53.4 Å². The third-order valence-corrected chi connectivity index (χ3v) is 5.67. The molecule has 6 nitrogen and oxygen atoms in total. The number of halogens is 1. The van der Waals surface area contributed by atoms with E-state index in [0.717, 1.165) is 54.6 Å². The number of benzene rings is 2. The van der Waals surface area contributed by atoms with Crippen molar-refractivity contribution < 1.29 is 4.79 Å². The number of hydrogen-bond donors (Lipinski definition) is 1. The highest BCUT2D eigenvalue weighted by Gasteiger charge is 2.19. The molecule has 2 aromatic carbocycles. The van der Waals surface area contributed by atoms with Gasteiger partial charge in [0.15, 0.2) is 0 Å². The lowest BCUT2D eigenvalue weighted by Gasteiger charge is -2.35. The summed E-state index contributed by atoms with van der Waals surface area (Å²) in [5, 5.41) is 8.14. The molecule has 1 amide bonds. The number of aromatic nitrogens is 2. The van der Waals surface area contributed by atoms with Gasteiger partial charge < -0.3 is 15.1 Å². The molecule has 1 aromatic heterocycles. The largest absolute Gasteiger partial charge is 0.367 e. The number of likely N-dealkylation sites (N-methyl/N-ethyl adjacent to an activating group) is 1. The van der Waals surface area contributed by atoms with Gasteiger partial charge in [-0.15, -0.1) is 0 Å². The van der Waals surface area contributed by atoms with Gasteiger partial charge >= 0.3 is 0 Å². The van der Waals surface area contributed by atoms with Gasteiger partial charge in [-0.3, -0.25) is 4.79 Å². The van der Waals surface area contributed by atoms with E-state index in [0.29, 0.717) is 10.6 Å². The lowest BCUT2D eigenvalue weighted by atomic mass is 10.1. The average molecular weight is 424 g/mol. The molecule has 1 N–H and O–H groups in total. The SMILES string of the molecule is Cc1cc(C)n(-c2ccc(C(=O)Nc3cc(Cl)ccc3N3CCN(C)CC3)cc2)n1. The molecule has 0 unspecified atom stereocenters. The summed E-state index contributed by atoms with van der Waals surface area (Å²) >= 11 is 6.23. The maximum atomic E-state index is 12.9. The Labute approximate surface area is 182 Å². The number of carbonyl (C=O) groups is 1. The zero-order chi connectivity index (χ0) is 21.3. The first-order valence-electron chi connectivity index (χ1n) is 10.1. The Hall–Kier alpha value is -2.83. The normalized spacial score (nSPS) is 14.7. The number of hydrogen-bond acceptors (Lipinski definition) is 4. The van der Waals surface area contributed by atoms with Gasteiger partial charge in [0.2, 0.25) is 0 Å². The summed E-state index contributed by atoms with van der Waals surface area (Å²) < 4.78 is 1.87. The molecular formula is C23H26ClN5O. The van der Waals surface area contributed by atoms with Crippen molar-refractivity contribution in [3.63, 3.8) is 0 Å². The van der Waals surface area contributed by atoms with Gasteiger partial charge in [0.1, 0.15) is 0 Å². The molecule has 1 aliphatic heterocycles. The zero-order valence-electron chi connectivity index (χ0n) is 17.5. The van der Waals surface area contributed by atoms with Gasteiger partial charge in [-0.25, -0.2) is 4.68 Å². The van der Waals surface area contributed by atoms with Crippen molar-refractivity contribution in [1.82, 2.24) is 14.7 Å². The van der Waals surface area contributed by atoms with Crippen LogP contribution in [-0.4, -0.2) is 53.8 Å². The van der Waals surface area contributed by atoms with Crippen molar-refractivity contribution in [2.75, 3.05) is 43.4 Å². The molecule has 0 radical (unpaired) electrons. The average Bonchev–Trinajstić information content (AvgIpc) is 3.07. The molecule has 30 heavy (non-hydrogen) atoms. The summed E-state index contributed by atoms with van der Waals surface area (Å²) in [6, 6.07) is 15.2. The van der Waals surface area contributed by atoms with Crippen LogP contribution in [0.5, 0.6) is 0 Å². The van der Waals surface area contributed by atoms with Crippen molar-refractivity contribution in [3.8, 4) is 5.69 Å². The number of piperazine rings is 1. The Morgan fingerprint density at radius 2 is 1.70 bits per heavy atom. The molecule has 1 fully saturated rings. The quantitative estimate of drug-likeness (QED) is 0.685. The third-order valence-electron chi connectivity index (χ3n) is 5.43. The van der Waals surface area contributed by atoms with Crippen molar-refractivity contribution >= 4 is 28.9 Å². The molecule has 0 bridgehead atoms. The molecule has 0 aliphatic carbocycles. The lowest BCUT2D eigenvalue weighted by Crippen LogP contribution is -2.44. The fourth-order valence-corrected chi connectivity index (χ4v) is 3.94. The Morgan fingerprint density at radius 3 is 2.33 bits per heavy atom. The van der Waals surface area contributed by atoms with Crippen LogP contribution in [-0.2, 0) is 0 Å². The summed E-state index contributed by atoms with van der Waals surface area (Å²) in [5.74, 6) is -0.160. The Bertz CT molecular complexity index is 1050. The van der Waals surface area contributed by atoms with Crippen molar-refractivity contribution in [2.24, 2.45) is 0 Å². The van der Waals surface area contributed by atoms with Crippen LogP contribution in [0.15, 0.2) is 48.5 Å². The second-order valence-corrected chi connectivity index (χ2v) is 8.23. The van der Waals surface area contributed by atoms with Gasteiger partial charge in [0, 0.05) is 42.5 Å². The van der Waals surface area contributed by atoms with Crippen LogP contribution in [0.4, 0.5) is 11.4 Å². The van der Waals surface area contributed by atoms with E-state index < -0.39 is 0 Å². The maximum Gasteiger partial charge on any atom is 0.255 e. The number of nitrogens with zero attached hydrogens (tertiary/aromatic N) is 4. The highest BCUT2D eigenvalue weighted by Crippen LogP contribution is 2.30. The maximum absolute atomic E-state index is 12.9. The van der Waals surface area contributed by atoms with E-state index in [1.807, 2.05) is 67.1 Å². The summed E-state index contributed by atoms with van der Waals surface area (Å²) in [6.07, 6.45) is 0. The first kappa shape index (κ1) is 20.4. The minimum atomic E-state index is -0.160. The molecule has 0 atom stereocenters. The second kappa shape index (κ2) is 8.50. The standard InChI is InChI=1S/C23H26ClN5O/c1-16-14-17(2)29(26-16)20-7-4-18(5-8-20)23(30)25-21-15-19(24)6-9-22(21)28-12-10-27(3)11-13-28/h4-9,14-15H,10-13H2,1-3H3,(H,25,30). The molecule has 156 valence electrons. The number of amides is 1. The van der Waals surface area contributed by atoms with Gasteiger partial charge in [0.25, 0.3) is 5.91 Å². The first-order valence-corrected chi connectivity index (χ1v) is 10.5. The van der Waals surface area contributed by atoms with Gasteiger partial charge in [-0.1, -0.05) is 11.6 Å². The molecule has 7 heteroatoms. The monoisotopic (exact) mass is 423 g/mol. The van der Waals surface area contributed by atoms with Crippen molar-refractivity contribution in [2.45, 2.75) is 13.8 Å². The molecule has 3 aromatic rings. The number of anilines is 2.